The van der Waals surface area contributed by atoms with E-state index < -0.39 is 29.7 Å². The van der Waals surface area contributed by atoms with Crippen LogP contribution in [0.3, 0.4) is 0 Å². The van der Waals surface area contributed by atoms with Gasteiger partial charge in [0.2, 0.25) is 11.8 Å². The van der Waals surface area contributed by atoms with Crippen LogP contribution >= 0.6 is 0 Å². The smallest absolute Gasteiger partial charge is 0.266 e. The molecule has 0 aromatic heterocycles. The molecule has 0 saturated carbocycles. The molecular formula is C35H36N4O6. The fourth-order valence-corrected chi connectivity index (χ4v) is 6.42. The minimum atomic E-state index is -1.06. The Hall–Kier alpha value is -4.83. The Bertz CT molecular complexity index is 1650. The van der Waals surface area contributed by atoms with Crippen molar-refractivity contribution in [2.45, 2.75) is 50.5 Å². The molecule has 0 aliphatic carbocycles. The van der Waals surface area contributed by atoms with E-state index in [1.807, 2.05) is 12.1 Å². The molecule has 2 saturated heterocycles. The summed E-state index contributed by atoms with van der Waals surface area (Å²) in [6, 6.07) is 18.5. The fraction of sp³-hybridized carbons (Fsp3) is 0.343. The number of piperidine rings is 1. The van der Waals surface area contributed by atoms with Gasteiger partial charge in [0, 0.05) is 31.3 Å². The van der Waals surface area contributed by atoms with Crippen molar-refractivity contribution in [1.29, 1.82) is 0 Å². The Labute approximate surface area is 261 Å². The Morgan fingerprint density at radius 2 is 1.64 bits per heavy atom. The van der Waals surface area contributed by atoms with Crippen LogP contribution in [0, 0.1) is 0 Å². The van der Waals surface area contributed by atoms with E-state index in [1.54, 1.807) is 48.3 Å². The average molecular weight is 609 g/mol. The first-order chi connectivity index (χ1) is 21.7. The van der Waals surface area contributed by atoms with E-state index in [9.17, 15) is 24.0 Å². The van der Waals surface area contributed by atoms with E-state index in [2.05, 4.69) is 29.4 Å². The molecule has 1 N–H and O–H groups in total. The van der Waals surface area contributed by atoms with Gasteiger partial charge in [-0.3, -0.25) is 34.2 Å². The zero-order valence-electron chi connectivity index (χ0n) is 25.5. The lowest BCUT2D eigenvalue weighted by Crippen LogP contribution is -2.54. The lowest BCUT2D eigenvalue weighted by Gasteiger charge is -2.27. The van der Waals surface area contributed by atoms with Gasteiger partial charge in [-0.2, -0.15) is 0 Å². The number of likely N-dealkylation sites (tertiary alicyclic amines) is 1. The highest BCUT2D eigenvalue weighted by Crippen LogP contribution is 2.36. The lowest BCUT2D eigenvalue weighted by molar-refractivity contribution is -0.136. The van der Waals surface area contributed by atoms with Crippen molar-refractivity contribution in [1.82, 2.24) is 15.1 Å². The van der Waals surface area contributed by atoms with Crippen molar-refractivity contribution >= 4 is 35.2 Å². The van der Waals surface area contributed by atoms with Crippen molar-refractivity contribution in [3.05, 3.63) is 89.0 Å². The molecule has 2 atom stereocenters. The van der Waals surface area contributed by atoms with E-state index in [4.69, 9.17) is 4.74 Å². The van der Waals surface area contributed by atoms with E-state index in [-0.39, 0.29) is 35.6 Å². The fourth-order valence-electron chi connectivity index (χ4n) is 6.42. The van der Waals surface area contributed by atoms with Gasteiger partial charge in [0.1, 0.15) is 17.5 Å². The number of likely N-dealkylation sites (N-methyl/N-ethyl adjacent to an activating group) is 1. The van der Waals surface area contributed by atoms with E-state index in [1.165, 1.54) is 30.9 Å². The van der Waals surface area contributed by atoms with Gasteiger partial charge in [-0.15, -0.1) is 0 Å². The number of nitrogens with one attached hydrogen (secondary N) is 1. The third-order valence-electron chi connectivity index (χ3n) is 8.94. The normalized spacial score (nSPS) is 20.7. The molecule has 3 aliphatic heterocycles. The number of hydrogen-bond donors (Lipinski definition) is 1. The number of carbonyl (C=O) groups is 5. The monoisotopic (exact) mass is 608 g/mol. The highest BCUT2D eigenvalue weighted by molar-refractivity contribution is 6.24. The maximum atomic E-state index is 13.4. The highest BCUT2D eigenvalue weighted by atomic mass is 16.5. The number of ether oxygens (including phenoxy) is 1. The Morgan fingerprint density at radius 3 is 2.38 bits per heavy atom. The Balaban J connectivity index is 1.13. The zero-order valence-corrected chi connectivity index (χ0v) is 25.5. The summed E-state index contributed by atoms with van der Waals surface area (Å²) < 4.78 is 6.03. The Kier molecular flexibility index (Phi) is 8.49. The van der Waals surface area contributed by atoms with Crippen LogP contribution in [0.1, 0.15) is 81.1 Å². The number of carbonyl (C=O) groups excluding carboxylic acids is 5. The van der Waals surface area contributed by atoms with Crippen LogP contribution in [0.4, 0.5) is 5.69 Å². The second kappa shape index (κ2) is 12.6. The van der Waals surface area contributed by atoms with Gasteiger partial charge in [-0.25, -0.2) is 0 Å². The summed E-state index contributed by atoms with van der Waals surface area (Å²) >= 11 is 0. The predicted octanol–water partition coefficient (Wildman–Crippen LogP) is 4.75. The summed E-state index contributed by atoms with van der Waals surface area (Å²) in [5.41, 5.74) is 2.73. The first kappa shape index (κ1) is 30.2. The van der Waals surface area contributed by atoms with Crippen LogP contribution in [0.15, 0.2) is 66.7 Å². The maximum Gasteiger partial charge on any atom is 0.266 e. The molecule has 1 unspecified atom stereocenters. The van der Waals surface area contributed by atoms with Crippen LogP contribution < -0.4 is 15.0 Å². The highest BCUT2D eigenvalue weighted by Gasteiger charge is 2.46. The van der Waals surface area contributed by atoms with Gasteiger partial charge < -0.3 is 14.5 Å². The molecule has 3 aromatic rings. The summed E-state index contributed by atoms with van der Waals surface area (Å²) in [6.45, 7) is 2.15. The van der Waals surface area contributed by atoms with Gasteiger partial charge in [-0.05, 0) is 92.9 Å². The third kappa shape index (κ3) is 6.10. The number of amides is 5. The maximum absolute atomic E-state index is 13.4. The van der Waals surface area contributed by atoms with Crippen molar-refractivity contribution in [3.63, 3.8) is 0 Å². The minimum Gasteiger partial charge on any atom is -0.457 e. The van der Waals surface area contributed by atoms with Crippen LogP contribution in [-0.2, 0) is 9.59 Å². The molecule has 10 heteroatoms. The summed E-state index contributed by atoms with van der Waals surface area (Å²) in [4.78, 5) is 68.7. The molecule has 2 fully saturated rings. The molecule has 45 heavy (non-hydrogen) atoms. The number of hydrogen-bond acceptors (Lipinski definition) is 7. The van der Waals surface area contributed by atoms with E-state index >= 15 is 0 Å². The molecule has 0 radical (unpaired) electrons. The predicted molar refractivity (Wildman–Crippen MR) is 168 cm³/mol. The molecule has 3 aliphatic rings. The molecule has 3 aromatic carbocycles. The van der Waals surface area contributed by atoms with Crippen LogP contribution in [-0.4, -0.2) is 72.6 Å². The van der Waals surface area contributed by atoms with Gasteiger partial charge in [0.25, 0.3) is 17.7 Å². The minimum absolute atomic E-state index is 0.0417. The molecule has 10 nitrogen and oxygen atoms in total. The second-order valence-electron chi connectivity index (χ2n) is 12.0. The number of rotatable bonds is 6. The van der Waals surface area contributed by atoms with Crippen LogP contribution in [0.5, 0.6) is 11.5 Å². The lowest BCUT2D eigenvalue weighted by atomic mass is 9.90. The molecule has 0 bridgehead atoms. The third-order valence-corrected chi connectivity index (χ3v) is 8.94. The van der Waals surface area contributed by atoms with Crippen LogP contribution in [0.2, 0.25) is 0 Å². The van der Waals surface area contributed by atoms with E-state index in [0.29, 0.717) is 22.9 Å². The zero-order chi connectivity index (χ0) is 31.7. The topological polar surface area (TPSA) is 116 Å². The SMILES string of the molecule is CN1CCCCC[C@H](c2ccc(C(=O)N(C)c3ccc(Oc4cccc5c4C(=O)N(C4CCC(=O)NC4=O)C5=O)cc3)cc2)C1. The molecule has 5 amide bonds. The van der Waals surface area contributed by atoms with E-state index in [0.717, 1.165) is 24.4 Å². The molecule has 3 heterocycles. The van der Waals surface area contributed by atoms with Gasteiger partial charge >= 0.3 is 0 Å². The molecule has 0 spiro atoms. The summed E-state index contributed by atoms with van der Waals surface area (Å²) in [6.07, 6.45) is 4.99. The molecule has 232 valence electrons. The largest absolute Gasteiger partial charge is 0.457 e. The summed E-state index contributed by atoms with van der Waals surface area (Å²) in [5.74, 6) is -1.44. The summed E-state index contributed by atoms with van der Waals surface area (Å²) in [7, 11) is 3.89. The first-order valence-corrected chi connectivity index (χ1v) is 15.4. The van der Waals surface area contributed by atoms with Crippen molar-refractivity contribution in [2.24, 2.45) is 0 Å². The molecule has 6 rings (SSSR count). The number of benzene rings is 3. The molecular weight excluding hydrogens is 572 g/mol. The first-order valence-electron chi connectivity index (χ1n) is 15.4. The van der Waals surface area contributed by atoms with Crippen molar-refractivity contribution in [3.8, 4) is 11.5 Å². The summed E-state index contributed by atoms with van der Waals surface area (Å²) in [5, 5.41) is 2.20. The van der Waals surface area contributed by atoms with Crippen molar-refractivity contribution in [2.75, 3.05) is 32.1 Å². The average Bonchev–Trinajstić information content (AvgIpc) is 3.28. The van der Waals surface area contributed by atoms with Gasteiger partial charge in [0.05, 0.1) is 11.1 Å². The quantitative estimate of drug-likeness (QED) is 0.402. The van der Waals surface area contributed by atoms with Crippen LogP contribution in [0.25, 0.3) is 0 Å². The number of imide groups is 2. The standard InChI is InChI=1S/C35H36N4O6/c1-37-20-5-3-4-7-24(21-37)22-10-12-23(13-11-22)33(42)38(2)25-14-16-26(17-15-25)45-29-9-6-8-27-31(29)35(44)39(34(27)43)28-18-19-30(40)36-32(28)41/h6,8-17,24,28H,3-5,7,18-21H2,1-2H3,(H,36,40,41)/t24-,28?/m0/s1. The number of anilines is 1. The number of fused-ring (bicyclic) bond motifs is 1. The second-order valence-corrected chi connectivity index (χ2v) is 12.0. The van der Waals surface area contributed by atoms with Gasteiger partial charge in [0.15, 0.2) is 0 Å². The Morgan fingerprint density at radius 1 is 0.889 bits per heavy atom. The number of nitrogens with zero attached hydrogens (tertiary/aromatic N) is 3. The van der Waals surface area contributed by atoms with Gasteiger partial charge in [-0.1, -0.05) is 31.0 Å². The van der Waals surface area contributed by atoms with Crippen molar-refractivity contribution < 1.29 is 28.7 Å².